The van der Waals surface area contributed by atoms with E-state index in [1.54, 1.807) is 0 Å². The highest BCUT2D eigenvalue weighted by atomic mass is 127. The van der Waals surface area contributed by atoms with Crippen LogP contribution >= 0.6 is 22.6 Å². The first-order chi connectivity index (χ1) is 9.96. The van der Waals surface area contributed by atoms with Gasteiger partial charge >= 0.3 is 0 Å². The van der Waals surface area contributed by atoms with E-state index in [1.165, 1.54) is 11.4 Å². The first-order valence-electron chi connectivity index (χ1n) is 7.76. The summed E-state index contributed by atoms with van der Waals surface area (Å²) in [4.78, 5) is 4.85. The van der Waals surface area contributed by atoms with Crippen molar-refractivity contribution in [2.24, 2.45) is 5.41 Å². The van der Waals surface area contributed by atoms with E-state index in [9.17, 15) is 0 Å². The molecule has 0 aliphatic carbocycles. The Morgan fingerprint density at radius 2 is 2.00 bits per heavy atom. The third-order valence-electron chi connectivity index (χ3n) is 3.91. The Labute approximate surface area is 142 Å². The summed E-state index contributed by atoms with van der Waals surface area (Å²) < 4.78 is 7.01. The van der Waals surface area contributed by atoms with Gasteiger partial charge in [0, 0.05) is 37.2 Å². The third-order valence-corrected chi connectivity index (χ3v) is 4.67. The number of anilines is 2. The van der Waals surface area contributed by atoms with Crippen LogP contribution in [-0.4, -0.2) is 37.7 Å². The summed E-state index contributed by atoms with van der Waals surface area (Å²) in [5.41, 5.74) is 2.90. The van der Waals surface area contributed by atoms with Crippen molar-refractivity contribution in [1.82, 2.24) is 0 Å². The molecule has 0 radical (unpaired) electrons. The molecule has 1 aromatic rings. The summed E-state index contributed by atoms with van der Waals surface area (Å²) in [7, 11) is 2.19. The van der Waals surface area contributed by atoms with E-state index in [4.69, 9.17) is 4.74 Å². The molecule has 0 saturated carbocycles. The summed E-state index contributed by atoms with van der Waals surface area (Å²) in [6.45, 7) is 10.9. The van der Waals surface area contributed by atoms with Crippen molar-refractivity contribution >= 4 is 34.0 Å². The van der Waals surface area contributed by atoms with E-state index in [1.807, 2.05) is 0 Å². The number of ether oxygens (including phenoxy) is 1. The van der Waals surface area contributed by atoms with Gasteiger partial charge in [-0.15, -0.1) is 0 Å². The van der Waals surface area contributed by atoms with E-state index in [2.05, 4.69) is 78.4 Å². The Balaban J connectivity index is 2.28. The summed E-state index contributed by atoms with van der Waals surface area (Å²) in [6, 6.07) is 6.53. The summed E-state index contributed by atoms with van der Waals surface area (Å²) in [6.07, 6.45) is 1.10. The molecule has 4 heteroatoms. The van der Waals surface area contributed by atoms with Gasteiger partial charge in [0.2, 0.25) is 0 Å². The van der Waals surface area contributed by atoms with Crippen molar-refractivity contribution < 1.29 is 4.74 Å². The molecule has 0 fully saturated rings. The lowest BCUT2D eigenvalue weighted by molar-refractivity contribution is 0.319. The topological polar surface area (TPSA) is 15.7 Å². The highest BCUT2D eigenvalue weighted by molar-refractivity contribution is 14.1. The number of fused-ring (bicyclic) bond motifs is 1. The number of halogens is 1. The minimum absolute atomic E-state index is 0.284. The summed E-state index contributed by atoms with van der Waals surface area (Å²) >= 11 is 2.39. The van der Waals surface area contributed by atoms with Crippen LogP contribution in [0.25, 0.3) is 0 Å². The smallest absolute Gasteiger partial charge is 0.121 e. The average Bonchev–Trinajstić information content (AvgIpc) is 2.53. The van der Waals surface area contributed by atoms with Gasteiger partial charge in [0.05, 0.1) is 18.0 Å². The van der Waals surface area contributed by atoms with E-state index < -0.39 is 0 Å². The first-order valence-corrected chi connectivity index (χ1v) is 9.28. The lowest BCUT2D eigenvalue weighted by atomic mass is 9.92. The second-order valence-corrected chi connectivity index (χ2v) is 7.65. The molecule has 118 valence electrons. The maximum absolute atomic E-state index is 5.87. The molecule has 3 nitrogen and oxygen atoms in total. The zero-order valence-electron chi connectivity index (χ0n) is 13.7. The first kappa shape index (κ1) is 16.7. The predicted octanol–water partition coefficient (Wildman–Crippen LogP) is 4.19. The Kier molecular flexibility index (Phi) is 5.63. The molecule has 21 heavy (non-hydrogen) atoms. The largest absolute Gasteiger partial charge is 0.493 e. The molecule has 1 aliphatic heterocycles. The average molecular weight is 402 g/mol. The number of nitrogens with zero attached hydrogens (tertiary/aromatic N) is 2. The molecule has 0 N–H and O–H groups in total. The molecule has 0 atom stereocenters. The number of rotatable bonds is 5. The summed E-state index contributed by atoms with van der Waals surface area (Å²) in [5, 5.41) is 0. The zero-order valence-corrected chi connectivity index (χ0v) is 15.8. The highest BCUT2D eigenvalue weighted by Gasteiger charge is 2.29. The Morgan fingerprint density at radius 1 is 1.24 bits per heavy atom. The molecule has 0 aromatic heterocycles. The standard InChI is InChI=1S/C17H27IN2O/c1-5-20-13-17(2,3)12-19(4)16-11-14(7-8-15(16)20)21-10-6-9-18/h7-8,11H,5-6,9-10,12-13H2,1-4H3. The molecular weight excluding hydrogens is 375 g/mol. The normalized spacial score (nSPS) is 17.4. The molecule has 1 heterocycles. The van der Waals surface area contributed by atoms with Gasteiger partial charge in [0.25, 0.3) is 0 Å². The van der Waals surface area contributed by atoms with Crippen molar-refractivity contribution in [3.05, 3.63) is 18.2 Å². The van der Waals surface area contributed by atoms with Crippen LogP contribution < -0.4 is 14.5 Å². The minimum atomic E-state index is 0.284. The SMILES string of the molecule is CCN1CC(C)(C)CN(C)c2cc(OCCCI)ccc21. The Bertz CT molecular complexity index is 476. The van der Waals surface area contributed by atoms with E-state index >= 15 is 0 Å². The van der Waals surface area contributed by atoms with Crippen LogP contribution in [0.15, 0.2) is 18.2 Å². The van der Waals surface area contributed by atoms with Gasteiger partial charge in [-0.2, -0.15) is 0 Å². The molecular formula is C17H27IN2O. The van der Waals surface area contributed by atoms with Crippen molar-refractivity contribution in [2.45, 2.75) is 27.2 Å². The van der Waals surface area contributed by atoms with Gasteiger partial charge in [0.15, 0.2) is 0 Å². The minimum Gasteiger partial charge on any atom is -0.493 e. The van der Waals surface area contributed by atoms with Crippen LogP contribution in [0.2, 0.25) is 0 Å². The van der Waals surface area contributed by atoms with Gasteiger partial charge in [0.1, 0.15) is 5.75 Å². The van der Waals surface area contributed by atoms with Crippen LogP contribution in [0.4, 0.5) is 11.4 Å². The molecule has 0 amide bonds. The van der Waals surface area contributed by atoms with Crippen LogP contribution in [0.5, 0.6) is 5.75 Å². The van der Waals surface area contributed by atoms with E-state index in [0.717, 1.165) is 42.8 Å². The second kappa shape index (κ2) is 7.07. The van der Waals surface area contributed by atoms with Gasteiger partial charge in [-0.1, -0.05) is 36.4 Å². The zero-order chi connectivity index (χ0) is 15.5. The van der Waals surface area contributed by atoms with Crippen LogP contribution in [0, 0.1) is 5.41 Å². The fourth-order valence-electron chi connectivity index (χ4n) is 3.07. The lowest BCUT2D eigenvalue weighted by Gasteiger charge is -2.30. The Hall–Kier alpha value is -0.650. The molecule has 1 aliphatic rings. The maximum Gasteiger partial charge on any atom is 0.121 e. The monoisotopic (exact) mass is 402 g/mol. The van der Waals surface area contributed by atoms with Crippen molar-refractivity contribution in [1.29, 1.82) is 0 Å². The second-order valence-electron chi connectivity index (χ2n) is 6.58. The number of hydrogen-bond acceptors (Lipinski definition) is 3. The van der Waals surface area contributed by atoms with Crippen LogP contribution in [0.3, 0.4) is 0 Å². The third kappa shape index (κ3) is 4.18. The highest BCUT2D eigenvalue weighted by Crippen LogP contribution is 2.38. The van der Waals surface area contributed by atoms with Gasteiger partial charge in [-0.25, -0.2) is 0 Å². The van der Waals surface area contributed by atoms with E-state index in [0.29, 0.717) is 0 Å². The fourth-order valence-corrected chi connectivity index (χ4v) is 3.38. The number of alkyl halides is 1. The van der Waals surface area contributed by atoms with Gasteiger partial charge in [-0.3, -0.25) is 0 Å². The van der Waals surface area contributed by atoms with Crippen molar-refractivity contribution in [3.63, 3.8) is 0 Å². The Morgan fingerprint density at radius 3 is 2.67 bits per heavy atom. The molecule has 1 aromatic carbocycles. The van der Waals surface area contributed by atoms with Crippen molar-refractivity contribution in [2.75, 3.05) is 47.5 Å². The van der Waals surface area contributed by atoms with Gasteiger partial charge in [-0.05, 0) is 30.9 Å². The summed E-state index contributed by atoms with van der Waals surface area (Å²) in [5.74, 6) is 0.987. The quantitative estimate of drug-likeness (QED) is 0.417. The van der Waals surface area contributed by atoms with Crippen molar-refractivity contribution in [3.8, 4) is 5.75 Å². The molecule has 0 unspecified atom stereocenters. The van der Waals surface area contributed by atoms with Crippen LogP contribution in [-0.2, 0) is 0 Å². The number of benzene rings is 1. The van der Waals surface area contributed by atoms with Gasteiger partial charge < -0.3 is 14.5 Å². The fraction of sp³-hybridized carbons (Fsp3) is 0.647. The van der Waals surface area contributed by atoms with E-state index in [-0.39, 0.29) is 5.41 Å². The molecule has 2 rings (SSSR count). The molecule has 0 spiro atoms. The number of hydrogen-bond donors (Lipinski definition) is 0. The molecule has 0 saturated heterocycles. The lowest BCUT2D eigenvalue weighted by Crippen LogP contribution is -2.37. The predicted molar refractivity (Wildman–Crippen MR) is 100 cm³/mol. The van der Waals surface area contributed by atoms with Crippen LogP contribution in [0.1, 0.15) is 27.2 Å². The maximum atomic E-state index is 5.87. The molecule has 0 bridgehead atoms.